The van der Waals surface area contributed by atoms with Crippen LogP contribution in [0.5, 0.6) is 23.0 Å². The van der Waals surface area contributed by atoms with Gasteiger partial charge in [0.1, 0.15) is 16.9 Å². The van der Waals surface area contributed by atoms with Gasteiger partial charge in [-0.05, 0) is 53.4 Å². The lowest BCUT2D eigenvalue weighted by Crippen LogP contribution is -2.43. The maximum absolute atomic E-state index is 13.5. The van der Waals surface area contributed by atoms with Gasteiger partial charge < -0.3 is 19.9 Å². The Morgan fingerprint density at radius 3 is 2.45 bits per heavy atom. The summed E-state index contributed by atoms with van der Waals surface area (Å²) in [6, 6.07) is 15.0. The molecule has 0 spiro atoms. The van der Waals surface area contributed by atoms with Gasteiger partial charge in [-0.15, -0.1) is 0 Å². The number of halogens is 3. The summed E-state index contributed by atoms with van der Waals surface area (Å²) in [6.45, 7) is 0. The van der Waals surface area contributed by atoms with E-state index in [-0.39, 0.29) is 12.0 Å². The van der Waals surface area contributed by atoms with Crippen LogP contribution in [-0.2, 0) is 16.4 Å². The number of benzene rings is 3. The third-order valence-corrected chi connectivity index (χ3v) is 6.74. The van der Waals surface area contributed by atoms with E-state index < -0.39 is 23.1 Å². The van der Waals surface area contributed by atoms with Crippen molar-refractivity contribution in [1.82, 2.24) is 4.98 Å². The number of ether oxygens (including phenoxy) is 3. The van der Waals surface area contributed by atoms with Crippen molar-refractivity contribution >= 4 is 22.9 Å². The van der Waals surface area contributed by atoms with Crippen molar-refractivity contribution < 1.29 is 32.2 Å². The van der Waals surface area contributed by atoms with Gasteiger partial charge in [0.2, 0.25) is 5.91 Å². The van der Waals surface area contributed by atoms with Crippen molar-refractivity contribution in [1.29, 1.82) is 0 Å². The number of aromatic nitrogens is 1. The average molecular weight is 521 g/mol. The molecular formula is C29H23F3N2O4. The van der Waals surface area contributed by atoms with Crippen molar-refractivity contribution in [3.05, 3.63) is 95.2 Å². The molecule has 194 valence electrons. The number of hydrogen-bond donors (Lipinski definition) is 1. The first kappa shape index (κ1) is 25.1. The van der Waals surface area contributed by atoms with Crippen molar-refractivity contribution in [2.75, 3.05) is 14.2 Å². The monoisotopic (exact) mass is 520 g/mol. The summed E-state index contributed by atoms with van der Waals surface area (Å²) in [4.78, 5) is 17.3. The van der Waals surface area contributed by atoms with Gasteiger partial charge in [-0.2, -0.15) is 13.2 Å². The molecule has 1 unspecified atom stereocenters. The molecule has 1 amide bonds. The fourth-order valence-electron chi connectivity index (χ4n) is 4.88. The molecule has 1 aliphatic carbocycles. The molecule has 6 nitrogen and oxygen atoms in total. The number of fused-ring (bicyclic) bond motifs is 2. The zero-order valence-electron chi connectivity index (χ0n) is 20.5. The largest absolute Gasteiger partial charge is 0.493 e. The molecule has 0 radical (unpaired) electrons. The van der Waals surface area contributed by atoms with Crippen molar-refractivity contribution in [3.63, 3.8) is 0 Å². The minimum Gasteiger partial charge on any atom is -0.493 e. The molecule has 2 N–H and O–H groups in total. The summed E-state index contributed by atoms with van der Waals surface area (Å²) in [5, 5.41) is 0.689. The van der Waals surface area contributed by atoms with Crippen LogP contribution in [0.3, 0.4) is 0 Å². The normalized spacial score (nSPS) is 16.7. The van der Waals surface area contributed by atoms with Crippen LogP contribution in [0.25, 0.3) is 17.0 Å². The first-order chi connectivity index (χ1) is 18.2. The summed E-state index contributed by atoms with van der Waals surface area (Å²) in [5.74, 6) is 1.27. The van der Waals surface area contributed by atoms with E-state index in [0.717, 1.165) is 12.1 Å². The molecule has 0 saturated carbocycles. The van der Waals surface area contributed by atoms with Crippen molar-refractivity contribution in [2.45, 2.75) is 18.0 Å². The minimum absolute atomic E-state index is 0.132. The number of primary amides is 1. The lowest BCUT2D eigenvalue weighted by atomic mass is 9.67. The average Bonchev–Trinajstić information content (AvgIpc) is 2.91. The van der Waals surface area contributed by atoms with Gasteiger partial charge in [0.15, 0.2) is 11.5 Å². The molecule has 4 aromatic rings. The lowest BCUT2D eigenvalue weighted by Gasteiger charge is -2.35. The Morgan fingerprint density at radius 1 is 0.974 bits per heavy atom. The van der Waals surface area contributed by atoms with E-state index in [1.165, 1.54) is 26.4 Å². The highest BCUT2D eigenvalue weighted by Gasteiger charge is 2.43. The molecule has 0 saturated heterocycles. The van der Waals surface area contributed by atoms with Crippen molar-refractivity contribution in [3.8, 4) is 23.0 Å². The van der Waals surface area contributed by atoms with E-state index in [1.54, 1.807) is 54.7 Å². The molecule has 1 aromatic heterocycles. The molecule has 38 heavy (non-hydrogen) atoms. The Kier molecular flexibility index (Phi) is 6.22. The highest BCUT2D eigenvalue weighted by atomic mass is 19.4. The molecule has 1 heterocycles. The second-order valence-corrected chi connectivity index (χ2v) is 8.84. The molecule has 5 rings (SSSR count). The van der Waals surface area contributed by atoms with E-state index in [9.17, 15) is 18.0 Å². The number of nitrogens with two attached hydrogens (primary N) is 1. The SMILES string of the molecule is COc1cc2nccc(Oc3ccc4c(c3)C=CCC4(C(N)=O)c3cccc(C(F)(F)F)c3)c2cc1OC. The fraction of sp³-hybridized carbons (Fsp3) is 0.172. The number of pyridine rings is 1. The molecule has 1 atom stereocenters. The van der Waals surface area contributed by atoms with E-state index in [4.69, 9.17) is 19.9 Å². The number of carbonyl (C=O) groups excluding carboxylic acids is 1. The number of alkyl halides is 3. The zero-order valence-corrected chi connectivity index (χ0v) is 20.5. The summed E-state index contributed by atoms with van der Waals surface area (Å²) >= 11 is 0. The highest BCUT2D eigenvalue weighted by Crippen LogP contribution is 2.45. The van der Waals surface area contributed by atoms with Crippen LogP contribution in [0.4, 0.5) is 13.2 Å². The van der Waals surface area contributed by atoms with Crippen LogP contribution in [0.15, 0.2) is 72.9 Å². The Balaban J connectivity index is 1.58. The Hall–Kier alpha value is -4.53. The molecule has 0 aliphatic heterocycles. The Bertz CT molecular complexity index is 1580. The number of hydrogen-bond acceptors (Lipinski definition) is 5. The summed E-state index contributed by atoms with van der Waals surface area (Å²) in [7, 11) is 3.07. The van der Waals surface area contributed by atoms with Gasteiger partial charge in [-0.25, -0.2) is 0 Å². The number of amides is 1. The number of methoxy groups -OCH3 is 2. The number of nitrogens with zero attached hydrogens (tertiary/aromatic N) is 1. The smallest absolute Gasteiger partial charge is 0.416 e. The molecular weight excluding hydrogens is 497 g/mol. The van der Waals surface area contributed by atoms with E-state index in [2.05, 4.69) is 4.98 Å². The fourth-order valence-corrected chi connectivity index (χ4v) is 4.88. The van der Waals surface area contributed by atoms with Gasteiger partial charge in [-0.1, -0.05) is 36.4 Å². The van der Waals surface area contributed by atoms with Gasteiger partial charge in [0.05, 0.1) is 25.3 Å². The Morgan fingerprint density at radius 2 is 1.74 bits per heavy atom. The van der Waals surface area contributed by atoms with Crippen LogP contribution in [-0.4, -0.2) is 25.1 Å². The maximum Gasteiger partial charge on any atom is 0.416 e. The molecule has 0 fully saturated rings. The first-order valence-electron chi connectivity index (χ1n) is 11.6. The predicted octanol–water partition coefficient (Wildman–Crippen LogP) is 6.25. The second-order valence-electron chi connectivity index (χ2n) is 8.84. The Labute approximate surface area is 216 Å². The zero-order chi connectivity index (χ0) is 27.1. The number of carbonyl (C=O) groups is 1. The quantitative estimate of drug-likeness (QED) is 0.325. The van der Waals surface area contributed by atoms with E-state index in [0.29, 0.717) is 45.0 Å². The summed E-state index contributed by atoms with van der Waals surface area (Å²) in [5.41, 5.74) is 5.50. The van der Waals surface area contributed by atoms with Crippen LogP contribution >= 0.6 is 0 Å². The third kappa shape index (κ3) is 4.19. The minimum atomic E-state index is -4.56. The van der Waals surface area contributed by atoms with Crippen molar-refractivity contribution in [2.24, 2.45) is 5.73 Å². The molecule has 1 aliphatic rings. The lowest BCUT2D eigenvalue weighted by molar-refractivity contribution is -0.137. The van der Waals surface area contributed by atoms with Gasteiger partial charge in [-0.3, -0.25) is 9.78 Å². The summed E-state index contributed by atoms with van der Waals surface area (Å²) < 4.78 is 57.3. The molecule has 3 aromatic carbocycles. The van der Waals surface area contributed by atoms with Crippen LogP contribution in [0.2, 0.25) is 0 Å². The van der Waals surface area contributed by atoms with Crippen LogP contribution < -0.4 is 19.9 Å². The number of allylic oxidation sites excluding steroid dienone is 1. The van der Waals surface area contributed by atoms with Crippen LogP contribution in [0, 0.1) is 0 Å². The molecule has 0 bridgehead atoms. The van der Waals surface area contributed by atoms with Gasteiger partial charge in [0, 0.05) is 17.6 Å². The second kappa shape index (κ2) is 9.41. The third-order valence-electron chi connectivity index (χ3n) is 6.74. The first-order valence-corrected chi connectivity index (χ1v) is 11.6. The predicted molar refractivity (Wildman–Crippen MR) is 136 cm³/mol. The highest BCUT2D eigenvalue weighted by molar-refractivity contribution is 5.94. The molecule has 9 heteroatoms. The number of rotatable bonds is 6. The topological polar surface area (TPSA) is 83.7 Å². The van der Waals surface area contributed by atoms with E-state index in [1.807, 2.05) is 0 Å². The summed E-state index contributed by atoms with van der Waals surface area (Å²) in [6.07, 6.45) is 0.715. The standard InChI is InChI=1S/C29H23F3N2O4/c1-36-25-15-21-23(16-26(25)37-2)34-12-10-24(21)38-20-8-9-22-17(13-20)5-4-11-28(22,27(33)35)18-6-3-7-19(14-18)29(30,31)32/h3-10,12-16H,11H2,1-2H3,(H2,33,35). The maximum atomic E-state index is 13.5. The van der Waals surface area contributed by atoms with Gasteiger partial charge in [0.25, 0.3) is 0 Å². The van der Waals surface area contributed by atoms with E-state index >= 15 is 0 Å². The van der Waals surface area contributed by atoms with Gasteiger partial charge >= 0.3 is 6.18 Å². The van der Waals surface area contributed by atoms with Crippen LogP contribution in [0.1, 0.15) is 28.7 Å².